The fourth-order valence-corrected chi connectivity index (χ4v) is 2.49. The molecule has 2 atom stereocenters. The highest BCUT2D eigenvalue weighted by Gasteiger charge is 2.40. The number of carbonyl (C=O) groups is 1. The van der Waals surface area contributed by atoms with Gasteiger partial charge in [0.1, 0.15) is 5.66 Å². The lowest BCUT2D eigenvalue weighted by atomic mass is 9.93. The Kier molecular flexibility index (Phi) is 2.99. The number of halogens is 1. The monoisotopic (exact) mass is 298 g/mol. The van der Waals surface area contributed by atoms with E-state index in [2.05, 4.69) is 38.7 Å². The standard InChI is InChI=1S/C11H15BrN4O/c1-11(7-4-3-5-8(12)6-7)15-9(13)14-10(17)16(11)2/h3-4,6,8H,5H2,1-2H3,(H3,13,14,15,17). The van der Waals surface area contributed by atoms with Gasteiger partial charge in [0, 0.05) is 11.9 Å². The van der Waals surface area contributed by atoms with Gasteiger partial charge in [-0.3, -0.25) is 10.7 Å². The molecule has 0 aromatic heterocycles. The molecule has 5 nitrogen and oxygen atoms in total. The Bertz CT molecular complexity index is 431. The molecular weight excluding hydrogens is 284 g/mol. The zero-order valence-electron chi connectivity index (χ0n) is 9.75. The van der Waals surface area contributed by atoms with Gasteiger partial charge < -0.3 is 10.2 Å². The lowest BCUT2D eigenvalue weighted by molar-refractivity contribution is 0.150. The van der Waals surface area contributed by atoms with Gasteiger partial charge in [0.15, 0.2) is 5.96 Å². The topological polar surface area (TPSA) is 68.2 Å². The number of guanidine groups is 1. The first-order valence-corrected chi connectivity index (χ1v) is 6.29. The lowest BCUT2D eigenvalue weighted by Crippen LogP contribution is -2.70. The number of likely N-dealkylation sites (N-methyl/N-ethyl adjacent to an activating group) is 1. The molecule has 1 fully saturated rings. The molecule has 0 saturated carbocycles. The summed E-state index contributed by atoms with van der Waals surface area (Å²) in [6.45, 7) is 1.89. The van der Waals surface area contributed by atoms with E-state index in [0.717, 1.165) is 12.0 Å². The van der Waals surface area contributed by atoms with E-state index in [4.69, 9.17) is 5.41 Å². The van der Waals surface area contributed by atoms with E-state index in [1.54, 1.807) is 11.9 Å². The number of hydrogen-bond acceptors (Lipinski definition) is 2. The molecule has 17 heavy (non-hydrogen) atoms. The molecule has 2 aliphatic rings. The zero-order chi connectivity index (χ0) is 12.6. The Morgan fingerprint density at radius 1 is 1.65 bits per heavy atom. The number of nitrogens with zero attached hydrogens (tertiary/aromatic N) is 1. The number of rotatable bonds is 1. The Balaban J connectivity index is 2.36. The van der Waals surface area contributed by atoms with Gasteiger partial charge in [0.05, 0.1) is 0 Å². The van der Waals surface area contributed by atoms with E-state index in [0.29, 0.717) is 0 Å². The molecule has 2 unspecified atom stereocenters. The highest BCUT2D eigenvalue weighted by molar-refractivity contribution is 9.09. The summed E-state index contributed by atoms with van der Waals surface area (Å²) in [6.07, 6.45) is 7.06. The molecule has 0 spiro atoms. The minimum atomic E-state index is -0.678. The maximum atomic E-state index is 11.7. The first-order valence-electron chi connectivity index (χ1n) is 5.38. The van der Waals surface area contributed by atoms with Crippen molar-refractivity contribution in [2.24, 2.45) is 0 Å². The van der Waals surface area contributed by atoms with Crippen LogP contribution in [0.3, 0.4) is 0 Å². The second-order valence-electron chi connectivity index (χ2n) is 4.34. The number of urea groups is 1. The molecule has 0 bridgehead atoms. The van der Waals surface area contributed by atoms with E-state index in [1.165, 1.54) is 0 Å². The van der Waals surface area contributed by atoms with Crippen LogP contribution in [0.4, 0.5) is 4.79 Å². The van der Waals surface area contributed by atoms with Gasteiger partial charge in [-0.15, -0.1) is 0 Å². The van der Waals surface area contributed by atoms with Crippen molar-refractivity contribution >= 4 is 27.9 Å². The Hall–Kier alpha value is -1.30. The minimum absolute atomic E-state index is 0.0293. The van der Waals surface area contributed by atoms with Crippen LogP contribution >= 0.6 is 15.9 Å². The molecule has 1 saturated heterocycles. The van der Waals surface area contributed by atoms with Gasteiger partial charge in [-0.05, 0) is 18.9 Å². The molecule has 0 aromatic carbocycles. The maximum Gasteiger partial charge on any atom is 0.326 e. The third kappa shape index (κ3) is 2.09. The minimum Gasteiger partial charge on any atom is -0.330 e. The van der Waals surface area contributed by atoms with Gasteiger partial charge >= 0.3 is 6.03 Å². The maximum absolute atomic E-state index is 11.7. The molecule has 6 heteroatoms. The van der Waals surface area contributed by atoms with Crippen molar-refractivity contribution in [3.8, 4) is 0 Å². The van der Waals surface area contributed by atoms with Crippen molar-refractivity contribution in [3.63, 3.8) is 0 Å². The quantitative estimate of drug-likeness (QED) is 0.643. The molecule has 1 heterocycles. The van der Waals surface area contributed by atoms with Crippen LogP contribution in [-0.2, 0) is 0 Å². The van der Waals surface area contributed by atoms with Crippen LogP contribution in [0.5, 0.6) is 0 Å². The summed E-state index contributed by atoms with van der Waals surface area (Å²) < 4.78 is 0. The van der Waals surface area contributed by atoms with Gasteiger partial charge in [0.25, 0.3) is 0 Å². The molecule has 0 aromatic rings. The largest absolute Gasteiger partial charge is 0.330 e. The van der Waals surface area contributed by atoms with Gasteiger partial charge in [0.2, 0.25) is 0 Å². The average Bonchev–Trinajstić information content (AvgIpc) is 2.26. The highest BCUT2D eigenvalue weighted by atomic mass is 79.9. The predicted octanol–water partition coefficient (Wildman–Crippen LogP) is 1.53. The summed E-state index contributed by atoms with van der Waals surface area (Å²) in [5.41, 5.74) is 0.301. The van der Waals surface area contributed by atoms with E-state index < -0.39 is 5.66 Å². The van der Waals surface area contributed by atoms with Crippen LogP contribution in [0.2, 0.25) is 0 Å². The normalized spacial score (nSPS) is 33.0. The average molecular weight is 299 g/mol. The zero-order valence-corrected chi connectivity index (χ0v) is 11.3. The Morgan fingerprint density at radius 3 is 3.00 bits per heavy atom. The number of carbonyl (C=O) groups excluding carboxylic acids is 1. The third-order valence-corrected chi connectivity index (χ3v) is 3.80. The molecule has 1 aliphatic heterocycles. The lowest BCUT2D eigenvalue weighted by Gasteiger charge is -2.45. The van der Waals surface area contributed by atoms with Crippen LogP contribution in [0.25, 0.3) is 0 Å². The summed E-state index contributed by atoms with van der Waals surface area (Å²) in [5.74, 6) is 0.0293. The van der Waals surface area contributed by atoms with Gasteiger partial charge in [-0.2, -0.15) is 0 Å². The Labute approximate surface area is 109 Å². The molecule has 92 valence electrons. The summed E-state index contributed by atoms with van der Waals surface area (Å²) in [7, 11) is 1.71. The van der Waals surface area contributed by atoms with Gasteiger partial charge in [-0.1, -0.05) is 34.2 Å². The van der Waals surface area contributed by atoms with Crippen molar-refractivity contribution < 1.29 is 4.79 Å². The van der Waals surface area contributed by atoms with Crippen LogP contribution in [0.1, 0.15) is 13.3 Å². The van der Waals surface area contributed by atoms with Crippen LogP contribution in [0.15, 0.2) is 23.8 Å². The number of allylic oxidation sites excluding steroid dienone is 2. The fourth-order valence-electron chi connectivity index (χ4n) is 1.99. The first kappa shape index (κ1) is 12.2. The van der Waals surface area contributed by atoms with Crippen molar-refractivity contribution in [3.05, 3.63) is 23.8 Å². The third-order valence-electron chi connectivity index (χ3n) is 3.16. The summed E-state index contributed by atoms with van der Waals surface area (Å²) in [6, 6.07) is -0.276. The molecular formula is C11H15BrN4O. The van der Waals surface area contributed by atoms with Crippen molar-refractivity contribution in [1.29, 1.82) is 5.41 Å². The smallest absolute Gasteiger partial charge is 0.326 e. The summed E-state index contributed by atoms with van der Waals surface area (Å²) in [5, 5.41) is 13.0. The van der Waals surface area contributed by atoms with Gasteiger partial charge in [-0.25, -0.2) is 4.79 Å². The van der Waals surface area contributed by atoms with Crippen LogP contribution in [0, 0.1) is 5.41 Å². The number of alkyl halides is 1. The SMILES string of the molecule is CN1C(=O)NC(=N)NC1(C)C1=CC(Br)CC=C1. The van der Waals surface area contributed by atoms with E-state index in [1.807, 2.05) is 13.0 Å². The summed E-state index contributed by atoms with van der Waals surface area (Å²) >= 11 is 3.54. The van der Waals surface area contributed by atoms with E-state index in [9.17, 15) is 4.79 Å². The molecule has 3 N–H and O–H groups in total. The second-order valence-corrected chi connectivity index (χ2v) is 5.51. The Morgan fingerprint density at radius 2 is 2.35 bits per heavy atom. The van der Waals surface area contributed by atoms with Crippen molar-refractivity contribution in [1.82, 2.24) is 15.5 Å². The van der Waals surface area contributed by atoms with Crippen LogP contribution in [-0.4, -0.2) is 34.4 Å². The molecule has 1 aliphatic carbocycles. The number of nitrogens with one attached hydrogen (secondary N) is 3. The highest BCUT2D eigenvalue weighted by Crippen LogP contribution is 2.29. The number of amides is 2. The predicted molar refractivity (Wildman–Crippen MR) is 70.1 cm³/mol. The van der Waals surface area contributed by atoms with E-state index in [-0.39, 0.29) is 16.8 Å². The van der Waals surface area contributed by atoms with Crippen LogP contribution < -0.4 is 10.6 Å². The van der Waals surface area contributed by atoms with Crippen molar-refractivity contribution in [2.45, 2.75) is 23.8 Å². The first-order chi connectivity index (χ1) is 7.93. The van der Waals surface area contributed by atoms with Crippen molar-refractivity contribution in [2.75, 3.05) is 7.05 Å². The number of hydrogen-bond donors (Lipinski definition) is 3. The van der Waals surface area contributed by atoms with E-state index >= 15 is 0 Å². The summed E-state index contributed by atoms with van der Waals surface area (Å²) in [4.78, 5) is 13.5. The molecule has 0 radical (unpaired) electrons. The molecule has 2 rings (SSSR count). The second kappa shape index (κ2) is 4.18. The molecule has 2 amide bonds. The fraction of sp³-hybridized carbons (Fsp3) is 0.455.